The van der Waals surface area contributed by atoms with Crippen LogP contribution in [0.1, 0.15) is 22.8 Å². The van der Waals surface area contributed by atoms with E-state index in [0.29, 0.717) is 11.3 Å². The third kappa shape index (κ3) is 4.61. The van der Waals surface area contributed by atoms with E-state index in [1.807, 2.05) is 30.4 Å². The predicted octanol–water partition coefficient (Wildman–Crippen LogP) is 2.79. The largest absolute Gasteiger partial charge is 0.298 e. The normalized spacial score (nSPS) is 10.5. The van der Waals surface area contributed by atoms with Crippen LogP contribution in [0, 0.1) is 0 Å². The Bertz CT molecular complexity index is 383. The highest BCUT2D eigenvalue weighted by molar-refractivity contribution is 8.13. The summed E-state index contributed by atoms with van der Waals surface area (Å²) in [5, 5.41) is 0.112. The molecule has 0 radical (unpaired) electrons. The van der Waals surface area contributed by atoms with E-state index >= 15 is 0 Å². The zero-order valence-corrected chi connectivity index (χ0v) is 9.29. The van der Waals surface area contributed by atoms with Gasteiger partial charge in [0.25, 0.3) is 0 Å². The number of carbonyl (C=O) groups excluding carboxylic acids is 2. The molecule has 0 heterocycles. The lowest BCUT2D eigenvalue weighted by Crippen LogP contribution is -1.82. The Morgan fingerprint density at radius 2 is 2.13 bits per heavy atom. The lowest BCUT2D eigenvalue weighted by Gasteiger charge is -1.94. The van der Waals surface area contributed by atoms with Gasteiger partial charge < -0.3 is 0 Å². The molecule has 1 rings (SSSR count). The second-order valence-corrected chi connectivity index (χ2v) is 4.19. The zero-order valence-electron chi connectivity index (χ0n) is 8.47. The molecule has 0 atom stereocenters. The molecule has 3 heteroatoms. The number of benzene rings is 1. The maximum absolute atomic E-state index is 10.6. The van der Waals surface area contributed by atoms with Crippen molar-refractivity contribution in [3.63, 3.8) is 0 Å². The van der Waals surface area contributed by atoms with Crippen LogP contribution in [0.15, 0.2) is 30.3 Å². The smallest absolute Gasteiger partial charge is 0.186 e. The standard InChI is InChI=1S/C12H12O2S/c1-10(14)15-7-3-6-11-4-2-5-12(8-11)9-13/h2-6,8-9H,7H2,1H3. The first-order chi connectivity index (χ1) is 7.22. The van der Waals surface area contributed by atoms with Gasteiger partial charge in [-0.2, -0.15) is 0 Å². The predicted molar refractivity (Wildman–Crippen MR) is 64.0 cm³/mol. The van der Waals surface area contributed by atoms with Gasteiger partial charge in [0, 0.05) is 18.2 Å². The molecular formula is C12H12O2S. The molecule has 0 saturated heterocycles. The average Bonchev–Trinajstić information content (AvgIpc) is 2.24. The van der Waals surface area contributed by atoms with E-state index in [9.17, 15) is 9.59 Å². The zero-order chi connectivity index (χ0) is 11.1. The van der Waals surface area contributed by atoms with Gasteiger partial charge >= 0.3 is 0 Å². The van der Waals surface area contributed by atoms with E-state index in [1.165, 1.54) is 11.8 Å². The van der Waals surface area contributed by atoms with Crippen LogP contribution < -0.4 is 0 Å². The minimum absolute atomic E-state index is 0.112. The van der Waals surface area contributed by atoms with Gasteiger partial charge in [0.1, 0.15) is 6.29 Å². The molecule has 0 unspecified atom stereocenters. The van der Waals surface area contributed by atoms with Gasteiger partial charge in [0.2, 0.25) is 0 Å². The second kappa shape index (κ2) is 6.19. The topological polar surface area (TPSA) is 34.1 Å². The van der Waals surface area contributed by atoms with Gasteiger partial charge in [-0.05, 0) is 11.6 Å². The summed E-state index contributed by atoms with van der Waals surface area (Å²) in [6, 6.07) is 7.32. The van der Waals surface area contributed by atoms with Crippen LogP contribution in [0.5, 0.6) is 0 Å². The number of hydrogen-bond donors (Lipinski definition) is 0. The molecule has 0 saturated carbocycles. The minimum Gasteiger partial charge on any atom is -0.298 e. The van der Waals surface area contributed by atoms with E-state index in [2.05, 4.69) is 0 Å². The maximum atomic E-state index is 10.6. The van der Waals surface area contributed by atoms with Crippen molar-refractivity contribution < 1.29 is 9.59 Å². The van der Waals surface area contributed by atoms with Crippen LogP contribution in [0.3, 0.4) is 0 Å². The fraction of sp³-hybridized carbons (Fsp3) is 0.167. The first-order valence-electron chi connectivity index (χ1n) is 4.57. The molecule has 15 heavy (non-hydrogen) atoms. The summed E-state index contributed by atoms with van der Waals surface area (Å²) in [5.74, 6) is 0.667. The van der Waals surface area contributed by atoms with E-state index in [4.69, 9.17) is 0 Å². The lowest BCUT2D eigenvalue weighted by molar-refractivity contribution is -0.109. The molecule has 0 fully saturated rings. The summed E-state index contributed by atoms with van der Waals surface area (Å²) in [4.78, 5) is 21.1. The molecule has 2 nitrogen and oxygen atoms in total. The van der Waals surface area contributed by atoms with E-state index in [-0.39, 0.29) is 5.12 Å². The molecule has 0 aliphatic rings. The molecule has 0 amide bonds. The molecule has 78 valence electrons. The summed E-state index contributed by atoms with van der Waals surface area (Å²) in [5.41, 5.74) is 1.64. The summed E-state index contributed by atoms with van der Waals surface area (Å²) in [7, 11) is 0. The van der Waals surface area contributed by atoms with Gasteiger partial charge in [-0.3, -0.25) is 9.59 Å². The van der Waals surface area contributed by atoms with Crippen LogP contribution in [0.2, 0.25) is 0 Å². The SMILES string of the molecule is CC(=O)SCC=Cc1cccc(C=O)c1. The minimum atomic E-state index is 0.112. The van der Waals surface area contributed by atoms with Gasteiger partial charge in [0.05, 0.1) is 0 Å². The quantitative estimate of drug-likeness (QED) is 0.732. The Hall–Kier alpha value is -1.35. The van der Waals surface area contributed by atoms with E-state index < -0.39 is 0 Å². The first-order valence-corrected chi connectivity index (χ1v) is 5.56. The average molecular weight is 220 g/mol. The summed E-state index contributed by atoms with van der Waals surface area (Å²) in [6.07, 6.45) is 4.64. The summed E-state index contributed by atoms with van der Waals surface area (Å²) < 4.78 is 0. The highest BCUT2D eigenvalue weighted by Crippen LogP contribution is 2.07. The Kier molecular flexibility index (Phi) is 4.84. The van der Waals surface area contributed by atoms with Crippen LogP contribution in [0.25, 0.3) is 6.08 Å². The molecule has 1 aromatic carbocycles. The number of aldehydes is 1. The number of hydrogen-bond acceptors (Lipinski definition) is 3. The third-order valence-electron chi connectivity index (χ3n) is 1.74. The van der Waals surface area contributed by atoms with Crippen molar-refractivity contribution in [2.24, 2.45) is 0 Å². The third-order valence-corrected chi connectivity index (χ3v) is 2.51. The first kappa shape index (κ1) is 11.7. The highest BCUT2D eigenvalue weighted by atomic mass is 32.2. The second-order valence-electron chi connectivity index (χ2n) is 2.99. The van der Waals surface area contributed by atoms with Crippen LogP contribution in [-0.2, 0) is 4.79 Å². The Balaban J connectivity index is 2.56. The number of carbonyl (C=O) groups is 2. The highest BCUT2D eigenvalue weighted by Gasteiger charge is 1.92. The van der Waals surface area contributed by atoms with Crippen molar-refractivity contribution in [2.45, 2.75) is 6.92 Å². The van der Waals surface area contributed by atoms with Crippen molar-refractivity contribution in [3.8, 4) is 0 Å². The molecular weight excluding hydrogens is 208 g/mol. The lowest BCUT2D eigenvalue weighted by atomic mass is 10.1. The van der Waals surface area contributed by atoms with E-state index in [1.54, 1.807) is 13.0 Å². The van der Waals surface area contributed by atoms with Crippen molar-refractivity contribution in [1.29, 1.82) is 0 Å². The van der Waals surface area contributed by atoms with Crippen LogP contribution in [0.4, 0.5) is 0 Å². The molecule has 0 N–H and O–H groups in total. The Morgan fingerprint density at radius 1 is 1.40 bits per heavy atom. The van der Waals surface area contributed by atoms with Crippen LogP contribution >= 0.6 is 11.8 Å². The molecule has 0 aliphatic heterocycles. The fourth-order valence-electron chi connectivity index (χ4n) is 1.09. The Labute approximate surface area is 93.4 Å². The molecule has 1 aromatic rings. The molecule has 0 aromatic heterocycles. The van der Waals surface area contributed by atoms with Gasteiger partial charge in [-0.25, -0.2) is 0 Å². The Morgan fingerprint density at radius 3 is 2.80 bits per heavy atom. The van der Waals surface area contributed by atoms with Crippen LogP contribution in [-0.4, -0.2) is 17.2 Å². The summed E-state index contributed by atoms with van der Waals surface area (Å²) >= 11 is 1.27. The molecule has 0 spiro atoms. The van der Waals surface area contributed by atoms with Crippen molar-refractivity contribution >= 4 is 29.2 Å². The monoisotopic (exact) mass is 220 g/mol. The fourth-order valence-corrected chi connectivity index (χ4v) is 1.51. The van der Waals surface area contributed by atoms with Crippen molar-refractivity contribution in [1.82, 2.24) is 0 Å². The summed E-state index contributed by atoms with van der Waals surface area (Å²) in [6.45, 7) is 1.55. The van der Waals surface area contributed by atoms with Gasteiger partial charge in [-0.15, -0.1) is 0 Å². The number of rotatable bonds is 4. The molecule has 0 bridgehead atoms. The maximum Gasteiger partial charge on any atom is 0.186 e. The van der Waals surface area contributed by atoms with Gasteiger partial charge in [0.15, 0.2) is 5.12 Å². The van der Waals surface area contributed by atoms with Crippen molar-refractivity contribution in [3.05, 3.63) is 41.5 Å². The van der Waals surface area contributed by atoms with E-state index in [0.717, 1.165) is 11.8 Å². The van der Waals surface area contributed by atoms with Crippen molar-refractivity contribution in [2.75, 3.05) is 5.75 Å². The molecule has 0 aliphatic carbocycles. The van der Waals surface area contributed by atoms with Gasteiger partial charge in [-0.1, -0.05) is 42.1 Å². The number of thioether (sulfide) groups is 1.